The Morgan fingerprint density at radius 1 is 1.10 bits per heavy atom. The molecule has 1 saturated heterocycles. The minimum absolute atomic E-state index is 0.0197. The predicted molar refractivity (Wildman–Crippen MR) is 120 cm³/mol. The van der Waals surface area contributed by atoms with E-state index in [4.69, 9.17) is 0 Å². The number of nitrogens with zero attached hydrogens (tertiary/aromatic N) is 4. The van der Waals surface area contributed by atoms with Crippen LogP contribution in [0.3, 0.4) is 0 Å². The maximum atomic E-state index is 13.4. The van der Waals surface area contributed by atoms with Gasteiger partial charge in [-0.3, -0.25) is 4.79 Å². The third-order valence-electron chi connectivity index (χ3n) is 7.46. The van der Waals surface area contributed by atoms with Gasteiger partial charge in [0.15, 0.2) is 6.04 Å². The number of aromatic nitrogens is 5. The van der Waals surface area contributed by atoms with Gasteiger partial charge in [0.25, 0.3) is 5.56 Å². The van der Waals surface area contributed by atoms with Crippen molar-refractivity contribution in [3.8, 4) is 0 Å². The summed E-state index contributed by atoms with van der Waals surface area (Å²) < 4.78 is 2.04. The van der Waals surface area contributed by atoms with Crippen molar-refractivity contribution in [3.63, 3.8) is 0 Å². The lowest BCUT2D eigenvalue weighted by atomic mass is 9.95. The lowest BCUT2D eigenvalue weighted by molar-refractivity contribution is -0.953. The number of pyridine rings is 1. The van der Waals surface area contributed by atoms with Crippen molar-refractivity contribution in [1.29, 1.82) is 0 Å². The van der Waals surface area contributed by atoms with Crippen LogP contribution in [0.2, 0.25) is 0 Å². The first kappa shape index (κ1) is 20.4. The van der Waals surface area contributed by atoms with E-state index in [1.165, 1.54) is 42.6 Å². The normalized spacial score (nSPS) is 23.5. The van der Waals surface area contributed by atoms with Crippen molar-refractivity contribution in [2.24, 2.45) is 0 Å². The number of fused-ring (bicyclic) bond motifs is 1. The van der Waals surface area contributed by atoms with Crippen LogP contribution >= 0.6 is 0 Å². The summed E-state index contributed by atoms with van der Waals surface area (Å²) in [5.74, 6) is 0.852. The van der Waals surface area contributed by atoms with E-state index in [2.05, 4.69) is 59.5 Å². The molecular weight excluding hydrogens is 388 g/mol. The summed E-state index contributed by atoms with van der Waals surface area (Å²) in [5, 5.41) is 14.1. The molecule has 7 nitrogen and oxygen atoms in total. The Balaban J connectivity index is 1.69. The standard InChI is InChI=1S/C24H32N6O/c1-15-12-16(2)19-14-20(24(31)25-21(19)13-15)22(29-11-7-6-8-17(29)3)23-26-27-28-30(23)18-9-4-5-10-18/h12-14,17-18,22H,4-11H2,1-3H3,(H,25,31)/p+1/t17-,22+/m0/s1. The first-order chi connectivity index (χ1) is 15.0. The van der Waals surface area contributed by atoms with Gasteiger partial charge in [-0.05, 0) is 86.6 Å². The Bertz CT molecular complexity index is 1140. The van der Waals surface area contributed by atoms with Gasteiger partial charge in [-0.1, -0.05) is 18.9 Å². The molecule has 1 aliphatic heterocycles. The van der Waals surface area contributed by atoms with Gasteiger partial charge >= 0.3 is 0 Å². The number of quaternary nitrogens is 1. The van der Waals surface area contributed by atoms with Gasteiger partial charge in [-0.2, -0.15) is 0 Å². The van der Waals surface area contributed by atoms with Crippen molar-refractivity contribution in [1.82, 2.24) is 25.2 Å². The van der Waals surface area contributed by atoms with E-state index in [1.807, 2.05) is 4.68 Å². The number of H-pyrrole nitrogens is 1. The summed E-state index contributed by atoms with van der Waals surface area (Å²) in [6.07, 6.45) is 8.25. The molecule has 0 radical (unpaired) electrons. The predicted octanol–water partition coefficient (Wildman–Crippen LogP) is 2.79. The van der Waals surface area contributed by atoms with Gasteiger partial charge in [0, 0.05) is 10.9 Å². The topological polar surface area (TPSA) is 80.9 Å². The van der Waals surface area contributed by atoms with Gasteiger partial charge in [0.2, 0.25) is 5.82 Å². The molecule has 0 amide bonds. The van der Waals surface area contributed by atoms with E-state index in [1.54, 1.807) is 0 Å². The van der Waals surface area contributed by atoms with Crippen LogP contribution in [0.25, 0.3) is 10.9 Å². The minimum Gasteiger partial charge on any atom is -0.321 e. The average molecular weight is 422 g/mol. The summed E-state index contributed by atoms with van der Waals surface area (Å²) in [5.41, 5.74) is 4.02. The number of likely N-dealkylation sites (tertiary alicyclic amines) is 1. The molecule has 1 aromatic carbocycles. The number of piperidine rings is 1. The number of aromatic amines is 1. The number of aryl methyl sites for hydroxylation is 2. The maximum absolute atomic E-state index is 13.4. The molecule has 1 unspecified atom stereocenters. The minimum atomic E-state index is -0.153. The van der Waals surface area contributed by atoms with Crippen molar-refractivity contribution in [2.75, 3.05) is 6.54 Å². The summed E-state index contributed by atoms with van der Waals surface area (Å²) in [4.78, 5) is 18.0. The maximum Gasteiger partial charge on any atom is 0.258 e. The van der Waals surface area contributed by atoms with Crippen LogP contribution in [0.1, 0.15) is 86.5 Å². The van der Waals surface area contributed by atoms with Crippen molar-refractivity contribution in [2.45, 2.75) is 83.8 Å². The third-order valence-corrected chi connectivity index (χ3v) is 7.46. The SMILES string of the molecule is Cc1cc(C)c2cc([C@H](c3nnnn3C3CCCC3)[NH+]3CCCC[C@@H]3C)c(=O)[nH]c2c1. The van der Waals surface area contributed by atoms with Gasteiger partial charge in [0.1, 0.15) is 0 Å². The fourth-order valence-electron chi connectivity index (χ4n) is 5.85. The molecular formula is C24H33N6O+. The van der Waals surface area contributed by atoms with Crippen LogP contribution in [-0.4, -0.2) is 37.8 Å². The molecule has 1 aliphatic carbocycles. The summed E-state index contributed by atoms with van der Waals surface area (Å²) >= 11 is 0. The van der Waals surface area contributed by atoms with Crippen LogP contribution in [-0.2, 0) is 0 Å². The largest absolute Gasteiger partial charge is 0.321 e. The van der Waals surface area contributed by atoms with Crippen molar-refractivity contribution < 1.29 is 4.90 Å². The second kappa shape index (κ2) is 8.19. The zero-order valence-electron chi connectivity index (χ0n) is 18.8. The second-order valence-electron chi connectivity index (χ2n) is 9.67. The molecule has 7 heteroatoms. The van der Waals surface area contributed by atoms with E-state index in [-0.39, 0.29) is 11.6 Å². The molecule has 2 N–H and O–H groups in total. The Morgan fingerprint density at radius 3 is 2.65 bits per heavy atom. The molecule has 1 saturated carbocycles. The number of rotatable bonds is 4. The number of hydrogen-bond donors (Lipinski definition) is 2. The highest BCUT2D eigenvalue weighted by atomic mass is 16.1. The number of nitrogens with one attached hydrogen (secondary N) is 2. The van der Waals surface area contributed by atoms with E-state index < -0.39 is 0 Å². The van der Waals surface area contributed by atoms with Gasteiger partial charge < -0.3 is 9.88 Å². The highest BCUT2D eigenvalue weighted by molar-refractivity contribution is 5.83. The van der Waals surface area contributed by atoms with Crippen LogP contribution in [0, 0.1) is 13.8 Å². The monoisotopic (exact) mass is 421 g/mol. The van der Waals surface area contributed by atoms with Crippen LogP contribution in [0.4, 0.5) is 0 Å². The van der Waals surface area contributed by atoms with Crippen LogP contribution < -0.4 is 10.5 Å². The molecule has 0 bridgehead atoms. The summed E-state index contributed by atoms with van der Waals surface area (Å²) in [6.45, 7) is 7.52. The van der Waals surface area contributed by atoms with Crippen molar-refractivity contribution in [3.05, 3.63) is 51.1 Å². The van der Waals surface area contributed by atoms with Crippen LogP contribution in [0.15, 0.2) is 23.0 Å². The average Bonchev–Trinajstić information content (AvgIpc) is 3.42. The van der Waals surface area contributed by atoms with E-state index >= 15 is 0 Å². The van der Waals surface area contributed by atoms with E-state index in [9.17, 15) is 4.79 Å². The zero-order chi connectivity index (χ0) is 21.5. The van der Waals surface area contributed by atoms with Gasteiger partial charge in [-0.25, -0.2) is 4.68 Å². The molecule has 5 rings (SSSR count). The van der Waals surface area contributed by atoms with Crippen LogP contribution in [0.5, 0.6) is 0 Å². The lowest BCUT2D eigenvalue weighted by Crippen LogP contribution is -3.16. The Kier molecular flexibility index (Phi) is 5.38. The van der Waals surface area contributed by atoms with Gasteiger partial charge in [-0.15, -0.1) is 5.10 Å². The summed E-state index contributed by atoms with van der Waals surface area (Å²) in [6, 6.07) is 6.99. The molecule has 3 aromatic rings. The Labute approximate surface area is 182 Å². The van der Waals surface area contributed by atoms with Gasteiger partial charge in [0.05, 0.1) is 24.2 Å². The smallest absolute Gasteiger partial charge is 0.258 e. The Hall–Kier alpha value is -2.54. The summed E-state index contributed by atoms with van der Waals surface area (Å²) in [7, 11) is 0. The highest BCUT2D eigenvalue weighted by Gasteiger charge is 2.39. The molecule has 31 heavy (non-hydrogen) atoms. The quantitative estimate of drug-likeness (QED) is 0.679. The molecule has 2 fully saturated rings. The zero-order valence-corrected chi connectivity index (χ0v) is 18.8. The van der Waals surface area contributed by atoms with E-state index in [0.29, 0.717) is 12.1 Å². The Morgan fingerprint density at radius 2 is 1.87 bits per heavy atom. The lowest BCUT2D eigenvalue weighted by Gasteiger charge is -2.36. The number of hydrogen-bond acceptors (Lipinski definition) is 4. The number of tetrazole rings is 1. The fraction of sp³-hybridized carbons (Fsp3) is 0.583. The fourth-order valence-corrected chi connectivity index (χ4v) is 5.85. The first-order valence-corrected chi connectivity index (χ1v) is 11.8. The van der Waals surface area contributed by atoms with Crippen molar-refractivity contribution >= 4 is 10.9 Å². The third kappa shape index (κ3) is 3.69. The molecule has 3 atom stereocenters. The first-order valence-electron chi connectivity index (χ1n) is 11.8. The highest BCUT2D eigenvalue weighted by Crippen LogP contribution is 2.31. The second-order valence-corrected chi connectivity index (χ2v) is 9.67. The molecule has 164 valence electrons. The van der Waals surface area contributed by atoms with E-state index in [0.717, 1.165) is 47.2 Å². The molecule has 3 heterocycles. The molecule has 2 aliphatic rings. The molecule has 0 spiro atoms. The number of benzene rings is 1. The molecule has 2 aromatic heterocycles.